The molecule has 106 valence electrons. The van der Waals surface area contributed by atoms with E-state index in [1.165, 1.54) is 33.3 Å². The Morgan fingerprint density at radius 2 is 1.50 bits per heavy atom. The quantitative estimate of drug-likeness (QED) is 0.653. The second-order valence-corrected chi connectivity index (χ2v) is 9.53. The molecule has 1 spiro atoms. The summed E-state index contributed by atoms with van der Waals surface area (Å²) in [5.41, 5.74) is -0.174. The summed E-state index contributed by atoms with van der Waals surface area (Å²) in [6, 6.07) is 0. The van der Waals surface area contributed by atoms with Gasteiger partial charge in [-0.3, -0.25) is 0 Å². The third kappa shape index (κ3) is 2.29. The van der Waals surface area contributed by atoms with Gasteiger partial charge in [-0.2, -0.15) is 17.0 Å². The van der Waals surface area contributed by atoms with E-state index in [1.807, 2.05) is 0 Å². The molecular formula is C9H19N3O4S2. The fourth-order valence-corrected chi connectivity index (χ4v) is 4.80. The zero-order chi connectivity index (χ0) is 13.8. The summed E-state index contributed by atoms with van der Waals surface area (Å²) in [6.45, 7) is 1.76. The van der Waals surface area contributed by atoms with Gasteiger partial charge < -0.3 is 0 Å². The monoisotopic (exact) mass is 297 g/mol. The Kier molecular flexibility index (Phi) is 3.26. The Balaban J connectivity index is 2.02. The lowest BCUT2D eigenvalue weighted by Crippen LogP contribution is -2.61. The molecule has 7 nitrogen and oxygen atoms in total. The van der Waals surface area contributed by atoms with Crippen LogP contribution >= 0.6 is 0 Å². The van der Waals surface area contributed by atoms with Crippen LogP contribution in [0, 0.1) is 5.41 Å². The smallest absolute Gasteiger partial charge is 0.213 e. The van der Waals surface area contributed by atoms with Crippen LogP contribution in [0.4, 0.5) is 0 Å². The van der Waals surface area contributed by atoms with Crippen LogP contribution in [0.5, 0.6) is 0 Å². The van der Waals surface area contributed by atoms with Crippen molar-refractivity contribution in [2.24, 2.45) is 5.41 Å². The van der Waals surface area contributed by atoms with Crippen molar-refractivity contribution >= 4 is 20.2 Å². The van der Waals surface area contributed by atoms with Crippen molar-refractivity contribution in [3.05, 3.63) is 0 Å². The SMILES string of the molecule is CN(C)S(=O)(=O)N1CC2(CCN(S(C)(=O)=O)C2)C1. The van der Waals surface area contributed by atoms with E-state index in [4.69, 9.17) is 0 Å². The molecule has 0 aromatic heterocycles. The Morgan fingerprint density at radius 3 is 1.89 bits per heavy atom. The van der Waals surface area contributed by atoms with Crippen molar-refractivity contribution in [1.29, 1.82) is 0 Å². The molecule has 2 heterocycles. The Hall–Kier alpha value is -0.220. The van der Waals surface area contributed by atoms with Gasteiger partial charge in [0.15, 0.2) is 0 Å². The molecule has 0 aromatic rings. The second kappa shape index (κ2) is 4.14. The van der Waals surface area contributed by atoms with Crippen molar-refractivity contribution in [2.75, 3.05) is 46.5 Å². The molecule has 0 unspecified atom stereocenters. The maximum atomic E-state index is 11.9. The lowest BCUT2D eigenvalue weighted by Gasteiger charge is -2.47. The standard InChI is InChI=1S/C9H19N3O4S2/c1-10(2)18(15,16)12-7-9(8-12)4-5-11(6-9)17(3,13)14/h4-8H2,1-3H3. The van der Waals surface area contributed by atoms with Gasteiger partial charge >= 0.3 is 0 Å². The van der Waals surface area contributed by atoms with E-state index in [9.17, 15) is 16.8 Å². The zero-order valence-corrected chi connectivity index (χ0v) is 12.5. The normalized spacial score (nSPS) is 25.8. The maximum Gasteiger partial charge on any atom is 0.281 e. The van der Waals surface area contributed by atoms with E-state index in [-0.39, 0.29) is 5.41 Å². The van der Waals surface area contributed by atoms with E-state index in [0.29, 0.717) is 26.2 Å². The van der Waals surface area contributed by atoms with Crippen molar-refractivity contribution in [1.82, 2.24) is 12.9 Å². The van der Waals surface area contributed by atoms with Crippen LogP contribution in [-0.2, 0) is 20.2 Å². The first kappa shape index (κ1) is 14.2. The number of hydrogen-bond acceptors (Lipinski definition) is 4. The minimum Gasteiger partial charge on any atom is -0.213 e. The highest BCUT2D eigenvalue weighted by molar-refractivity contribution is 7.88. The van der Waals surface area contributed by atoms with Crippen LogP contribution in [0.3, 0.4) is 0 Å². The predicted molar refractivity (Wildman–Crippen MR) is 67.6 cm³/mol. The molecule has 0 aliphatic carbocycles. The minimum absolute atomic E-state index is 0.174. The van der Waals surface area contributed by atoms with Gasteiger partial charge in [-0.05, 0) is 6.42 Å². The molecule has 2 aliphatic heterocycles. The molecule has 0 bridgehead atoms. The molecule has 0 radical (unpaired) electrons. The summed E-state index contributed by atoms with van der Waals surface area (Å²) in [5.74, 6) is 0. The van der Waals surface area contributed by atoms with Crippen molar-refractivity contribution < 1.29 is 16.8 Å². The number of nitrogens with zero attached hydrogens (tertiary/aromatic N) is 3. The van der Waals surface area contributed by atoms with Gasteiger partial charge in [-0.25, -0.2) is 12.7 Å². The first-order valence-corrected chi connectivity index (χ1v) is 8.94. The number of rotatable bonds is 3. The Labute approximate surface area is 109 Å². The molecule has 9 heteroatoms. The first-order chi connectivity index (χ1) is 8.07. The summed E-state index contributed by atoms with van der Waals surface area (Å²) >= 11 is 0. The molecule has 0 N–H and O–H groups in total. The average Bonchev–Trinajstić information content (AvgIpc) is 2.58. The second-order valence-electron chi connectivity index (χ2n) is 5.40. The summed E-state index contributed by atoms with van der Waals surface area (Å²) < 4.78 is 50.6. The van der Waals surface area contributed by atoms with Crippen LogP contribution in [0.1, 0.15) is 6.42 Å². The van der Waals surface area contributed by atoms with Crippen LogP contribution in [0.2, 0.25) is 0 Å². The van der Waals surface area contributed by atoms with Gasteiger partial charge in [-0.1, -0.05) is 0 Å². The van der Waals surface area contributed by atoms with Gasteiger partial charge in [0.05, 0.1) is 6.26 Å². The summed E-state index contributed by atoms with van der Waals surface area (Å²) in [5, 5.41) is 0. The van der Waals surface area contributed by atoms with Gasteiger partial charge in [-0.15, -0.1) is 0 Å². The summed E-state index contributed by atoms with van der Waals surface area (Å²) in [6.07, 6.45) is 1.93. The molecule has 0 atom stereocenters. The van der Waals surface area contributed by atoms with Gasteiger partial charge in [0.25, 0.3) is 10.2 Å². The highest BCUT2D eigenvalue weighted by atomic mass is 32.2. The third-order valence-corrected chi connectivity index (χ3v) is 6.77. The van der Waals surface area contributed by atoms with E-state index >= 15 is 0 Å². The van der Waals surface area contributed by atoms with Crippen LogP contribution in [-0.4, -0.2) is 76.3 Å². The molecular weight excluding hydrogens is 278 g/mol. The molecule has 2 aliphatic rings. The lowest BCUT2D eigenvalue weighted by molar-refractivity contribution is 0.0811. The van der Waals surface area contributed by atoms with Gasteiger partial charge in [0, 0.05) is 45.7 Å². The van der Waals surface area contributed by atoms with Crippen LogP contribution in [0.25, 0.3) is 0 Å². The average molecular weight is 297 g/mol. The summed E-state index contributed by atoms with van der Waals surface area (Å²) in [7, 11) is -3.53. The molecule has 2 saturated heterocycles. The van der Waals surface area contributed by atoms with E-state index in [2.05, 4.69) is 0 Å². The largest absolute Gasteiger partial charge is 0.281 e. The van der Waals surface area contributed by atoms with E-state index < -0.39 is 20.2 Å². The first-order valence-electron chi connectivity index (χ1n) is 5.70. The fraction of sp³-hybridized carbons (Fsp3) is 1.00. The van der Waals surface area contributed by atoms with Crippen molar-refractivity contribution in [3.63, 3.8) is 0 Å². The Morgan fingerprint density at radius 1 is 1.00 bits per heavy atom. The van der Waals surface area contributed by atoms with E-state index in [0.717, 1.165) is 6.42 Å². The molecule has 18 heavy (non-hydrogen) atoms. The Bertz CT molecular complexity index is 534. The van der Waals surface area contributed by atoms with Crippen LogP contribution < -0.4 is 0 Å². The van der Waals surface area contributed by atoms with Crippen LogP contribution in [0.15, 0.2) is 0 Å². The topological polar surface area (TPSA) is 78.0 Å². The highest BCUT2D eigenvalue weighted by Gasteiger charge is 2.53. The molecule has 2 fully saturated rings. The molecule has 0 amide bonds. The molecule has 2 rings (SSSR count). The fourth-order valence-electron chi connectivity index (χ4n) is 2.53. The highest BCUT2D eigenvalue weighted by Crippen LogP contribution is 2.41. The lowest BCUT2D eigenvalue weighted by atomic mass is 9.81. The number of sulfonamides is 1. The summed E-state index contributed by atoms with van der Waals surface area (Å²) in [4.78, 5) is 0. The number of hydrogen-bond donors (Lipinski definition) is 0. The van der Waals surface area contributed by atoms with Gasteiger partial charge in [0.2, 0.25) is 10.0 Å². The molecule has 0 aromatic carbocycles. The zero-order valence-electron chi connectivity index (χ0n) is 10.8. The van der Waals surface area contributed by atoms with Gasteiger partial charge in [0.1, 0.15) is 0 Å². The van der Waals surface area contributed by atoms with Crippen molar-refractivity contribution in [3.8, 4) is 0 Å². The predicted octanol–water partition coefficient (Wildman–Crippen LogP) is -1.24. The third-order valence-electron chi connectivity index (χ3n) is 3.68. The minimum atomic E-state index is -3.36. The maximum absolute atomic E-state index is 11.9. The van der Waals surface area contributed by atoms with E-state index in [1.54, 1.807) is 0 Å². The molecule has 0 saturated carbocycles. The van der Waals surface area contributed by atoms with Crippen molar-refractivity contribution in [2.45, 2.75) is 6.42 Å².